The fraction of sp³-hybridized carbons (Fsp3) is 0.100. The highest BCUT2D eigenvalue weighted by molar-refractivity contribution is 5.81. The van der Waals surface area contributed by atoms with Crippen LogP contribution in [0.25, 0.3) is 22.4 Å². The van der Waals surface area contributed by atoms with Crippen LogP contribution in [0.15, 0.2) is 60.8 Å². The lowest BCUT2D eigenvalue weighted by molar-refractivity contribution is 0.415. The van der Waals surface area contributed by atoms with Crippen LogP contribution in [0.1, 0.15) is 11.1 Å². The van der Waals surface area contributed by atoms with E-state index in [-0.39, 0.29) is 0 Å². The van der Waals surface area contributed by atoms with Crippen molar-refractivity contribution in [2.75, 3.05) is 7.11 Å². The summed E-state index contributed by atoms with van der Waals surface area (Å²) < 4.78 is 5.23. The van der Waals surface area contributed by atoms with E-state index in [1.54, 1.807) is 13.3 Å². The van der Waals surface area contributed by atoms with Gasteiger partial charge in [-0.25, -0.2) is 0 Å². The lowest BCUT2D eigenvalue weighted by atomic mass is 9.97. The van der Waals surface area contributed by atoms with Crippen LogP contribution in [0.3, 0.4) is 0 Å². The molecule has 1 heterocycles. The summed E-state index contributed by atoms with van der Waals surface area (Å²) in [4.78, 5) is 4.60. The van der Waals surface area contributed by atoms with Crippen LogP contribution in [0.4, 0.5) is 0 Å². The first-order valence-electron chi connectivity index (χ1n) is 7.47. The van der Waals surface area contributed by atoms with Gasteiger partial charge in [-0.05, 0) is 41.8 Å². The van der Waals surface area contributed by atoms with Gasteiger partial charge in [-0.3, -0.25) is 4.98 Å². The highest BCUT2D eigenvalue weighted by Crippen LogP contribution is 2.32. The third-order valence-electron chi connectivity index (χ3n) is 3.81. The van der Waals surface area contributed by atoms with Crippen molar-refractivity contribution in [3.63, 3.8) is 0 Å². The molecule has 0 aliphatic carbocycles. The third-order valence-corrected chi connectivity index (χ3v) is 3.81. The van der Waals surface area contributed by atoms with Gasteiger partial charge in [-0.2, -0.15) is 0 Å². The van der Waals surface area contributed by atoms with Gasteiger partial charge in [0.2, 0.25) is 0 Å². The predicted molar refractivity (Wildman–Crippen MR) is 94.0 cm³/mol. The summed E-state index contributed by atoms with van der Waals surface area (Å²) in [5.74, 6) is 0.835. The Hall–Kier alpha value is -2.65. The second-order valence-corrected chi connectivity index (χ2v) is 5.37. The average Bonchev–Trinajstić information content (AvgIpc) is 2.62. The smallest absolute Gasteiger partial charge is 0.118 e. The Bertz CT molecular complexity index is 793. The molecule has 2 N–H and O–H groups in total. The molecule has 0 aliphatic heterocycles. The minimum Gasteiger partial charge on any atom is -0.497 e. The second-order valence-electron chi connectivity index (χ2n) is 5.37. The predicted octanol–water partition coefficient (Wildman–Crippen LogP) is 4.07. The van der Waals surface area contributed by atoms with Crippen LogP contribution in [0.2, 0.25) is 0 Å². The zero-order valence-electron chi connectivity index (χ0n) is 13.1. The van der Waals surface area contributed by atoms with Crippen molar-refractivity contribution in [2.24, 2.45) is 5.73 Å². The Balaban J connectivity index is 2.09. The zero-order chi connectivity index (χ0) is 16.2. The van der Waals surface area contributed by atoms with Crippen LogP contribution in [0.5, 0.6) is 5.75 Å². The number of hydrogen-bond donors (Lipinski definition) is 1. The minimum absolute atomic E-state index is 0.539. The van der Waals surface area contributed by atoms with Crippen molar-refractivity contribution in [1.82, 2.24) is 4.98 Å². The van der Waals surface area contributed by atoms with Gasteiger partial charge in [0.05, 0.1) is 12.8 Å². The minimum atomic E-state index is 0.539. The van der Waals surface area contributed by atoms with Crippen LogP contribution in [0, 0.1) is 6.92 Å². The van der Waals surface area contributed by atoms with E-state index in [9.17, 15) is 0 Å². The van der Waals surface area contributed by atoms with E-state index in [2.05, 4.69) is 30.1 Å². The second kappa shape index (κ2) is 6.63. The highest BCUT2D eigenvalue weighted by atomic mass is 16.5. The standard InChI is InChI=1S/C20H19N2O/c1-14-11-19(16-7-9-18(23-2)10-8-16)20(22-13-14)17-5-3-15(12-21)4-6-17/h3-11,13H,1,12,21H2,2H3. The van der Waals surface area contributed by atoms with Gasteiger partial charge in [0.1, 0.15) is 5.75 Å². The lowest BCUT2D eigenvalue weighted by Gasteiger charge is -2.11. The lowest BCUT2D eigenvalue weighted by Crippen LogP contribution is -1.96. The van der Waals surface area contributed by atoms with Gasteiger partial charge >= 0.3 is 0 Å². The number of nitrogens with two attached hydrogens (primary N) is 1. The molecule has 0 saturated heterocycles. The highest BCUT2D eigenvalue weighted by Gasteiger charge is 2.10. The molecule has 1 aromatic heterocycles. The molecule has 3 nitrogen and oxygen atoms in total. The Morgan fingerprint density at radius 2 is 1.65 bits per heavy atom. The topological polar surface area (TPSA) is 48.1 Å². The first-order valence-corrected chi connectivity index (χ1v) is 7.47. The molecule has 0 fully saturated rings. The van der Waals surface area contributed by atoms with Crippen molar-refractivity contribution >= 4 is 0 Å². The summed E-state index contributed by atoms with van der Waals surface area (Å²) >= 11 is 0. The Kier molecular flexibility index (Phi) is 4.40. The number of nitrogens with zero attached hydrogens (tertiary/aromatic N) is 1. The van der Waals surface area contributed by atoms with E-state index in [0.717, 1.165) is 39.3 Å². The maximum atomic E-state index is 5.67. The molecular formula is C20H19N2O. The molecular weight excluding hydrogens is 284 g/mol. The number of pyridine rings is 1. The molecule has 115 valence electrons. The monoisotopic (exact) mass is 303 g/mol. The number of rotatable bonds is 4. The molecule has 3 heteroatoms. The molecule has 1 radical (unpaired) electrons. The Labute approximate surface area is 136 Å². The molecule has 0 amide bonds. The maximum absolute atomic E-state index is 5.67. The van der Waals surface area contributed by atoms with Crippen LogP contribution in [-0.2, 0) is 6.54 Å². The van der Waals surface area contributed by atoms with E-state index in [0.29, 0.717) is 6.54 Å². The van der Waals surface area contributed by atoms with Crippen molar-refractivity contribution in [1.29, 1.82) is 0 Å². The van der Waals surface area contributed by atoms with E-state index in [1.165, 1.54) is 0 Å². The molecule has 0 saturated carbocycles. The molecule has 3 rings (SSSR count). The molecule has 0 unspecified atom stereocenters. The normalized spacial score (nSPS) is 10.6. The SMILES string of the molecule is [CH2]c1cnc(-c2ccc(CN)cc2)c(-c2ccc(OC)cc2)c1. The van der Waals surface area contributed by atoms with E-state index in [4.69, 9.17) is 10.5 Å². The Morgan fingerprint density at radius 1 is 1.00 bits per heavy atom. The quantitative estimate of drug-likeness (QED) is 0.790. The fourth-order valence-corrected chi connectivity index (χ4v) is 2.53. The first kappa shape index (κ1) is 15.3. The van der Waals surface area contributed by atoms with Crippen molar-refractivity contribution in [3.8, 4) is 28.1 Å². The average molecular weight is 303 g/mol. The van der Waals surface area contributed by atoms with Gasteiger partial charge in [-0.1, -0.05) is 36.4 Å². The molecule has 0 atom stereocenters. The zero-order valence-corrected chi connectivity index (χ0v) is 13.1. The van der Waals surface area contributed by atoms with Crippen LogP contribution >= 0.6 is 0 Å². The van der Waals surface area contributed by atoms with Crippen LogP contribution < -0.4 is 10.5 Å². The fourth-order valence-electron chi connectivity index (χ4n) is 2.53. The third kappa shape index (κ3) is 3.25. The molecule has 23 heavy (non-hydrogen) atoms. The molecule has 2 aromatic carbocycles. The van der Waals surface area contributed by atoms with Crippen LogP contribution in [-0.4, -0.2) is 12.1 Å². The number of hydrogen-bond acceptors (Lipinski definition) is 3. The maximum Gasteiger partial charge on any atom is 0.118 e. The van der Waals surface area contributed by atoms with E-state index in [1.807, 2.05) is 36.4 Å². The summed E-state index contributed by atoms with van der Waals surface area (Å²) in [6.07, 6.45) is 1.79. The summed E-state index contributed by atoms with van der Waals surface area (Å²) in [5, 5.41) is 0. The molecule has 3 aromatic rings. The summed E-state index contributed by atoms with van der Waals surface area (Å²) in [6.45, 7) is 4.54. The Morgan fingerprint density at radius 3 is 2.26 bits per heavy atom. The number of ether oxygens (including phenoxy) is 1. The molecule has 0 aliphatic rings. The number of aromatic nitrogens is 1. The number of methoxy groups -OCH3 is 1. The van der Waals surface area contributed by atoms with Gasteiger partial charge in [-0.15, -0.1) is 0 Å². The van der Waals surface area contributed by atoms with Gasteiger partial charge in [0.25, 0.3) is 0 Å². The summed E-state index contributed by atoms with van der Waals surface area (Å²) in [5.41, 5.74) is 11.8. The van der Waals surface area contributed by atoms with E-state index < -0.39 is 0 Å². The van der Waals surface area contributed by atoms with E-state index >= 15 is 0 Å². The summed E-state index contributed by atoms with van der Waals surface area (Å²) in [7, 11) is 1.66. The van der Waals surface area contributed by atoms with Gasteiger partial charge in [0.15, 0.2) is 0 Å². The van der Waals surface area contributed by atoms with Gasteiger partial charge in [0, 0.05) is 23.9 Å². The van der Waals surface area contributed by atoms with Crippen molar-refractivity contribution < 1.29 is 4.74 Å². The van der Waals surface area contributed by atoms with Crippen molar-refractivity contribution in [3.05, 3.63) is 78.8 Å². The number of benzene rings is 2. The molecule has 0 spiro atoms. The van der Waals surface area contributed by atoms with Gasteiger partial charge < -0.3 is 10.5 Å². The molecule has 0 bridgehead atoms. The van der Waals surface area contributed by atoms with Crippen molar-refractivity contribution in [2.45, 2.75) is 6.54 Å². The largest absolute Gasteiger partial charge is 0.497 e. The summed E-state index contributed by atoms with van der Waals surface area (Å²) in [6, 6.07) is 18.2. The first-order chi connectivity index (χ1) is 11.2.